The van der Waals surface area contributed by atoms with Gasteiger partial charge in [-0.15, -0.1) is 0 Å². The number of benzene rings is 2. The van der Waals surface area contributed by atoms with Crippen molar-refractivity contribution in [1.82, 2.24) is 9.13 Å². The molecule has 27 heavy (non-hydrogen) atoms. The van der Waals surface area contributed by atoms with Gasteiger partial charge < -0.3 is 5.32 Å². The van der Waals surface area contributed by atoms with Crippen molar-refractivity contribution < 1.29 is 4.79 Å². The Morgan fingerprint density at radius 1 is 1.04 bits per heavy atom. The highest BCUT2D eigenvalue weighted by molar-refractivity contribution is 5.93. The lowest BCUT2D eigenvalue weighted by Crippen LogP contribution is -2.29. The molecule has 1 amide bonds. The Morgan fingerprint density at radius 2 is 1.70 bits per heavy atom. The van der Waals surface area contributed by atoms with Gasteiger partial charge in [-0.25, -0.2) is 4.79 Å². The minimum absolute atomic E-state index is 0.00192. The van der Waals surface area contributed by atoms with Crippen molar-refractivity contribution in [3.8, 4) is 0 Å². The van der Waals surface area contributed by atoms with E-state index in [0.717, 1.165) is 34.3 Å². The van der Waals surface area contributed by atoms with Crippen LogP contribution in [-0.4, -0.2) is 15.0 Å². The maximum Gasteiger partial charge on any atom is 0.329 e. The fraction of sp³-hybridized carbons (Fsp3) is 0.364. The predicted octanol–water partition coefficient (Wildman–Crippen LogP) is 4.28. The molecule has 142 valence electrons. The summed E-state index contributed by atoms with van der Waals surface area (Å²) in [6.07, 6.45) is 0.862. The number of para-hydroxylation sites is 3. The number of fused-ring (bicyclic) bond motifs is 1. The summed E-state index contributed by atoms with van der Waals surface area (Å²) in [5.74, 6) is 0.113. The maximum atomic E-state index is 12.9. The van der Waals surface area contributed by atoms with E-state index >= 15 is 0 Å². The van der Waals surface area contributed by atoms with E-state index in [0.29, 0.717) is 12.5 Å². The molecule has 5 heteroatoms. The Balaban J connectivity index is 1.94. The van der Waals surface area contributed by atoms with Gasteiger partial charge in [0, 0.05) is 12.2 Å². The van der Waals surface area contributed by atoms with Crippen LogP contribution in [0.5, 0.6) is 0 Å². The number of carbonyl (C=O) groups excluding carboxylic acids is 1. The average Bonchev–Trinajstić information content (AvgIpc) is 2.89. The lowest BCUT2D eigenvalue weighted by molar-refractivity contribution is -0.116. The molecule has 0 radical (unpaired) electrons. The highest BCUT2D eigenvalue weighted by Gasteiger charge is 2.17. The Labute approximate surface area is 159 Å². The smallest absolute Gasteiger partial charge is 0.324 e. The van der Waals surface area contributed by atoms with Crippen LogP contribution in [0.1, 0.15) is 44.2 Å². The Morgan fingerprint density at radius 3 is 2.33 bits per heavy atom. The molecule has 5 nitrogen and oxygen atoms in total. The van der Waals surface area contributed by atoms with Crippen LogP contribution in [-0.2, 0) is 17.9 Å². The van der Waals surface area contributed by atoms with Gasteiger partial charge >= 0.3 is 5.69 Å². The summed E-state index contributed by atoms with van der Waals surface area (Å²) >= 11 is 0. The lowest BCUT2D eigenvalue weighted by Gasteiger charge is -2.16. The van der Waals surface area contributed by atoms with Crippen LogP contribution < -0.4 is 11.0 Å². The number of aromatic nitrogens is 2. The van der Waals surface area contributed by atoms with Gasteiger partial charge in [0.15, 0.2) is 0 Å². The topological polar surface area (TPSA) is 56.0 Å². The highest BCUT2D eigenvalue weighted by atomic mass is 16.2. The van der Waals surface area contributed by atoms with Crippen LogP contribution in [0.15, 0.2) is 47.3 Å². The lowest BCUT2D eigenvalue weighted by atomic mass is 9.98. The third-order valence-corrected chi connectivity index (χ3v) is 4.87. The molecule has 3 rings (SSSR count). The van der Waals surface area contributed by atoms with Crippen LogP contribution in [0.4, 0.5) is 5.69 Å². The van der Waals surface area contributed by atoms with Crippen LogP contribution in [0.25, 0.3) is 11.0 Å². The first-order chi connectivity index (χ1) is 12.9. The number of amides is 1. The van der Waals surface area contributed by atoms with E-state index < -0.39 is 0 Å². The number of hydrogen-bond donors (Lipinski definition) is 1. The summed E-state index contributed by atoms with van der Waals surface area (Å²) < 4.78 is 3.31. The summed E-state index contributed by atoms with van der Waals surface area (Å²) in [5, 5.41) is 3.03. The van der Waals surface area contributed by atoms with Crippen molar-refractivity contribution in [3.05, 3.63) is 64.1 Å². The zero-order valence-electron chi connectivity index (χ0n) is 16.5. The van der Waals surface area contributed by atoms with E-state index in [1.54, 1.807) is 9.13 Å². The van der Waals surface area contributed by atoms with Gasteiger partial charge in [0.1, 0.15) is 6.54 Å². The van der Waals surface area contributed by atoms with Gasteiger partial charge in [0.25, 0.3) is 0 Å². The zero-order valence-corrected chi connectivity index (χ0v) is 16.5. The molecule has 0 saturated heterocycles. The standard InChI is InChI=1S/C22H27N3O2/c1-5-13-24-18-11-6-7-12-19(18)25(22(24)27)14-20(26)23-21-16(4)9-8-10-17(21)15(2)3/h6-12,15H,5,13-14H2,1-4H3,(H,23,26). The van der Waals surface area contributed by atoms with Crippen LogP contribution in [0, 0.1) is 6.92 Å². The quantitative estimate of drug-likeness (QED) is 0.709. The zero-order chi connectivity index (χ0) is 19.6. The molecule has 0 aliphatic heterocycles. The first-order valence-corrected chi connectivity index (χ1v) is 9.51. The Kier molecular flexibility index (Phi) is 5.49. The molecule has 0 unspecified atom stereocenters. The molecule has 0 saturated carbocycles. The molecule has 0 atom stereocenters. The summed E-state index contributed by atoms with van der Waals surface area (Å²) in [6.45, 7) is 8.88. The molecular formula is C22H27N3O2. The average molecular weight is 365 g/mol. The number of imidazole rings is 1. The molecule has 0 bridgehead atoms. The maximum absolute atomic E-state index is 12.9. The molecule has 0 fully saturated rings. The number of aryl methyl sites for hydroxylation is 2. The first-order valence-electron chi connectivity index (χ1n) is 9.51. The molecule has 0 spiro atoms. The highest BCUT2D eigenvalue weighted by Crippen LogP contribution is 2.27. The number of rotatable bonds is 6. The van der Waals surface area contributed by atoms with Crippen LogP contribution in [0.2, 0.25) is 0 Å². The number of nitrogens with zero attached hydrogens (tertiary/aromatic N) is 2. The molecule has 1 N–H and O–H groups in total. The SMILES string of the molecule is CCCn1c(=O)n(CC(=O)Nc2c(C)cccc2C(C)C)c2ccccc21. The fourth-order valence-electron chi connectivity index (χ4n) is 3.53. The number of anilines is 1. The van der Waals surface area contributed by atoms with Crippen molar-refractivity contribution >= 4 is 22.6 Å². The normalized spacial score (nSPS) is 11.3. The third-order valence-electron chi connectivity index (χ3n) is 4.87. The summed E-state index contributed by atoms with van der Waals surface area (Å²) in [7, 11) is 0. The molecular weight excluding hydrogens is 338 g/mol. The van der Waals surface area contributed by atoms with Gasteiger partial charge in [0.05, 0.1) is 11.0 Å². The Bertz CT molecular complexity index is 1030. The second kappa shape index (κ2) is 7.82. The minimum Gasteiger partial charge on any atom is -0.324 e. The fourth-order valence-corrected chi connectivity index (χ4v) is 3.53. The van der Waals surface area contributed by atoms with Crippen molar-refractivity contribution in [2.75, 3.05) is 5.32 Å². The number of hydrogen-bond acceptors (Lipinski definition) is 2. The van der Waals surface area contributed by atoms with Gasteiger partial charge in [-0.05, 0) is 42.5 Å². The molecule has 0 aliphatic rings. The summed E-state index contributed by atoms with van der Waals surface area (Å²) in [4.78, 5) is 25.6. The van der Waals surface area contributed by atoms with E-state index in [4.69, 9.17) is 0 Å². The van der Waals surface area contributed by atoms with E-state index in [2.05, 4.69) is 19.2 Å². The van der Waals surface area contributed by atoms with Gasteiger partial charge in [-0.3, -0.25) is 13.9 Å². The second-order valence-electron chi connectivity index (χ2n) is 7.25. The number of nitrogens with one attached hydrogen (secondary N) is 1. The summed E-state index contributed by atoms with van der Waals surface area (Å²) in [6, 6.07) is 13.7. The van der Waals surface area contributed by atoms with E-state index in [9.17, 15) is 9.59 Å². The molecule has 1 aromatic heterocycles. The molecule has 1 heterocycles. The van der Waals surface area contributed by atoms with Gasteiger partial charge in [0.2, 0.25) is 5.91 Å². The van der Waals surface area contributed by atoms with Gasteiger partial charge in [-0.1, -0.05) is 51.1 Å². The summed E-state index contributed by atoms with van der Waals surface area (Å²) in [5.41, 5.74) is 4.50. The van der Waals surface area contributed by atoms with E-state index in [1.165, 1.54) is 0 Å². The van der Waals surface area contributed by atoms with Crippen molar-refractivity contribution in [2.45, 2.75) is 53.1 Å². The predicted molar refractivity (Wildman–Crippen MR) is 110 cm³/mol. The van der Waals surface area contributed by atoms with Crippen molar-refractivity contribution in [2.24, 2.45) is 0 Å². The van der Waals surface area contributed by atoms with E-state index in [1.807, 2.05) is 56.3 Å². The monoisotopic (exact) mass is 365 g/mol. The Hall–Kier alpha value is -2.82. The first kappa shape index (κ1) is 19.0. The van der Waals surface area contributed by atoms with Crippen LogP contribution >= 0.6 is 0 Å². The van der Waals surface area contributed by atoms with Crippen molar-refractivity contribution in [3.63, 3.8) is 0 Å². The molecule has 0 aliphatic carbocycles. The molecule has 2 aromatic carbocycles. The minimum atomic E-state index is -0.187. The van der Waals surface area contributed by atoms with Gasteiger partial charge in [-0.2, -0.15) is 0 Å². The number of carbonyl (C=O) groups is 1. The molecule has 3 aromatic rings. The van der Waals surface area contributed by atoms with Crippen LogP contribution in [0.3, 0.4) is 0 Å². The van der Waals surface area contributed by atoms with Crippen molar-refractivity contribution in [1.29, 1.82) is 0 Å². The largest absolute Gasteiger partial charge is 0.329 e. The third kappa shape index (κ3) is 3.68. The van der Waals surface area contributed by atoms with E-state index in [-0.39, 0.29) is 18.1 Å². The second-order valence-corrected chi connectivity index (χ2v) is 7.25.